The van der Waals surface area contributed by atoms with Gasteiger partial charge in [0.2, 0.25) is 5.91 Å². The maximum Gasteiger partial charge on any atom is 0.416 e. The maximum atomic E-state index is 12.8. The van der Waals surface area contributed by atoms with Gasteiger partial charge < -0.3 is 10.1 Å². The molecule has 1 heterocycles. The third-order valence-electron chi connectivity index (χ3n) is 4.56. The zero-order valence-corrected chi connectivity index (χ0v) is 18.7. The van der Waals surface area contributed by atoms with Crippen molar-refractivity contribution in [2.24, 2.45) is 0 Å². The van der Waals surface area contributed by atoms with Crippen LogP contribution < -0.4 is 16.3 Å². The Morgan fingerprint density at radius 1 is 1.00 bits per heavy atom. The molecule has 2 amide bonds. The fourth-order valence-electron chi connectivity index (χ4n) is 3.09. The van der Waals surface area contributed by atoms with Gasteiger partial charge in [-0.25, -0.2) is 10.2 Å². The van der Waals surface area contributed by atoms with Crippen molar-refractivity contribution < 1.29 is 27.5 Å². The molecule has 8 nitrogen and oxygen atoms in total. The van der Waals surface area contributed by atoms with Gasteiger partial charge in [-0.3, -0.25) is 9.59 Å². The highest BCUT2D eigenvalue weighted by molar-refractivity contribution is 5.87. The number of ether oxygens (including phenoxy) is 1. The van der Waals surface area contributed by atoms with Crippen LogP contribution in [0.2, 0.25) is 0 Å². The average molecular weight is 476 g/mol. The van der Waals surface area contributed by atoms with E-state index in [2.05, 4.69) is 15.8 Å². The third-order valence-corrected chi connectivity index (χ3v) is 4.56. The normalized spacial score (nSPS) is 11.8. The molecule has 3 aromatic rings. The molecule has 0 aliphatic carbocycles. The lowest BCUT2D eigenvalue weighted by Crippen LogP contribution is -2.38. The molecule has 2 aromatic carbocycles. The molecule has 0 aliphatic rings. The molecular weight excluding hydrogens is 453 g/mol. The predicted octanol–water partition coefficient (Wildman–Crippen LogP) is 3.75. The zero-order chi connectivity index (χ0) is 25.1. The summed E-state index contributed by atoms with van der Waals surface area (Å²) in [5.41, 5.74) is 0.846. The van der Waals surface area contributed by atoms with Crippen LogP contribution in [-0.4, -0.2) is 27.5 Å². The van der Waals surface area contributed by atoms with Crippen LogP contribution in [0.1, 0.15) is 37.6 Å². The highest BCUT2D eigenvalue weighted by Crippen LogP contribution is 2.29. The Kier molecular flexibility index (Phi) is 6.94. The summed E-state index contributed by atoms with van der Waals surface area (Å²) in [6.45, 7) is 5.07. The van der Waals surface area contributed by atoms with Crippen molar-refractivity contribution in [1.29, 1.82) is 0 Å². The second-order valence-corrected chi connectivity index (χ2v) is 8.47. The molecule has 34 heavy (non-hydrogen) atoms. The molecule has 11 heteroatoms. The van der Waals surface area contributed by atoms with Gasteiger partial charge in [0.15, 0.2) is 0 Å². The van der Waals surface area contributed by atoms with E-state index < -0.39 is 34.9 Å². The molecule has 180 valence electrons. The molecule has 3 rings (SSSR count). The number of rotatable bonds is 5. The van der Waals surface area contributed by atoms with Crippen LogP contribution in [0.25, 0.3) is 10.8 Å². The number of hydrogen-bond acceptors (Lipinski definition) is 5. The third kappa shape index (κ3) is 6.33. The summed E-state index contributed by atoms with van der Waals surface area (Å²) in [4.78, 5) is 38.0. The van der Waals surface area contributed by atoms with Gasteiger partial charge in [-0.1, -0.05) is 30.3 Å². The van der Waals surface area contributed by atoms with Gasteiger partial charge in [0, 0.05) is 5.39 Å². The van der Waals surface area contributed by atoms with Crippen LogP contribution in [0.15, 0.2) is 53.3 Å². The monoisotopic (exact) mass is 476 g/mol. The van der Waals surface area contributed by atoms with E-state index in [1.165, 1.54) is 12.1 Å². The van der Waals surface area contributed by atoms with E-state index in [9.17, 15) is 27.6 Å². The fourth-order valence-corrected chi connectivity index (χ4v) is 3.09. The molecule has 0 atom stereocenters. The number of alkyl carbamates (subject to hydrolysis) is 1. The minimum absolute atomic E-state index is 0.0789. The van der Waals surface area contributed by atoms with Crippen molar-refractivity contribution in [3.63, 3.8) is 0 Å². The Morgan fingerprint density at radius 2 is 1.62 bits per heavy atom. The van der Waals surface area contributed by atoms with Gasteiger partial charge >= 0.3 is 12.3 Å². The van der Waals surface area contributed by atoms with Crippen LogP contribution in [0, 0.1) is 0 Å². The van der Waals surface area contributed by atoms with E-state index in [4.69, 9.17) is 4.74 Å². The SMILES string of the molecule is CC(C)(C)OC(=O)NCc1nn(NC(=O)Cc2ccc(C(F)(F)F)cc2)c(=O)c2ccccc12. The molecule has 0 spiro atoms. The number of halogens is 3. The van der Waals surface area contributed by atoms with Crippen molar-refractivity contribution in [3.05, 3.63) is 75.7 Å². The number of nitrogens with one attached hydrogen (secondary N) is 2. The van der Waals surface area contributed by atoms with Crippen molar-refractivity contribution in [3.8, 4) is 0 Å². The Labute approximate surface area is 192 Å². The summed E-state index contributed by atoms with van der Waals surface area (Å²) in [6, 6.07) is 10.7. The zero-order valence-electron chi connectivity index (χ0n) is 18.7. The smallest absolute Gasteiger partial charge is 0.416 e. The lowest BCUT2D eigenvalue weighted by molar-refractivity contribution is -0.137. The molecule has 0 aliphatic heterocycles. The summed E-state index contributed by atoms with van der Waals surface area (Å²) >= 11 is 0. The van der Waals surface area contributed by atoms with Crippen LogP contribution in [0.3, 0.4) is 0 Å². The molecule has 0 radical (unpaired) electrons. The second kappa shape index (κ2) is 9.54. The van der Waals surface area contributed by atoms with Crippen molar-refractivity contribution in [1.82, 2.24) is 15.2 Å². The summed E-state index contributed by atoms with van der Waals surface area (Å²) in [6.07, 6.45) is -5.43. The highest BCUT2D eigenvalue weighted by Gasteiger charge is 2.30. The number of nitrogens with zero attached hydrogens (tertiary/aromatic N) is 2. The van der Waals surface area contributed by atoms with Crippen LogP contribution >= 0.6 is 0 Å². The average Bonchev–Trinajstić information content (AvgIpc) is 2.73. The van der Waals surface area contributed by atoms with Crippen molar-refractivity contribution in [2.75, 3.05) is 5.43 Å². The van der Waals surface area contributed by atoms with Gasteiger partial charge in [-0.15, -0.1) is 4.79 Å². The minimum Gasteiger partial charge on any atom is -0.444 e. The van der Waals surface area contributed by atoms with E-state index in [0.717, 1.165) is 16.9 Å². The standard InChI is InChI=1S/C23H23F3N4O4/c1-22(2,3)34-21(33)27-13-18-16-6-4-5-7-17(16)20(32)30(28-18)29-19(31)12-14-8-10-15(11-9-14)23(24,25)26/h4-11H,12-13H2,1-3H3,(H,27,33)(H,29,31). The first kappa shape index (κ1) is 24.7. The van der Waals surface area contributed by atoms with Gasteiger partial charge in [0.05, 0.1) is 29.6 Å². The van der Waals surface area contributed by atoms with Gasteiger partial charge in [0.25, 0.3) is 5.56 Å². The second-order valence-electron chi connectivity index (χ2n) is 8.47. The molecule has 2 N–H and O–H groups in total. The Balaban J connectivity index is 1.80. The first-order valence-electron chi connectivity index (χ1n) is 10.3. The number of benzene rings is 2. The molecule has 0 fully saturated rings. The van der Waals surface area contributed by atoms with Gasteiger partial charge in [-0.2, -0.15) is 18.3 Å². The summed E-state index contributed by atoms with van der Waals surface area (Å²) in [5, 5.41) is 7.45. The summed E-state index contributed by atoms with van der Waals surface area (Å²) in [7, 11) is 0. The molecular formula is C23H23F3N4O4. The van der Waals surface area contributed by atoms with Crippen LogP contribution in [-0.2, 0) is 28.7 Å². The number of hydrogen-bond donors (Lipinski definition) is 2. The van der Waals surface area contributed by atoms with E-state index in [0.29, 0.717) is 16.6 Å². The topological polar surface area (TPSA) is 102 Å². The fraction of sp³-hybridized carbons (Fsp3) is 0.304. The Morgan fingerprint density at radius 3 is 2.21 bits per heavy atom. The number of carbonyl (C=O) groups is 2. The van der Waals surface area contributed by atoms with Crippen molar-refractivity contribution >= 4 is 22.8 Å². The maximum absolute atomic E-state index is 12.8. The quantitative estimate of drug-likeness (QED) is 0.584. The van der Waals surface area contributed by atoms with Gasteiger partial charge in [0.1, 0.15) is 5.60 Å². The molecule has 0 unspecified atom stereocenters. The number of amides is 2. The van der Waals surface area contributed by atoms with Crippen molar-refractivity contribution in [2.45, 2.75) is 45.5 Å². The number of alkyl halides is 3. The molecule has 1 aromatic heterocycles. The highest BCUT2D eigenvalue weighted by atomic mass is 19.4. The first-order valence-corrected chi connectivity index (χ1v) is 10.3. The Bertz CT molecular complexity index is 1260. The summed E-state index contributed by atoms with van der Waals surface area (Å²) < 4.78 is 43.3. The van der Waals surface area contributed by atoms with E-state index in [-0.39, 0.29) is 18.4 Å². The first-order chi connectivity index (χ1) is 15.8. The lowest BCUT2D eigenvalue weighted by atomic mass is 10.1. The van der Waals surface area contributed by atoms with Crippen LogP contribution in [0.5, 0.6) is 0 Å². The molecule has 0 saturated heterocycles. The number of fused-ring (bicyclic) bond motifs is 1. The largest absolute Gasteiger partial charge is 0.444 e. The van der Waals surface area contributed by atoms with Gasteiger partial charge in [-0.05, 0) is 44.5 Å². The lowest BCUT2D eigenvalue weighted by Gasteiger charge is -2.20. The molecule has 0 bridgehead atoms. The summed E-state index contributed by atoms with van der Waals surface area (Å²) in [5.74, 6) is -0.657. The minimum atomic E-state index is -4.48. The predicted molar refractivity (Wildman–Crippen MR) is 119 cm³/mol. The number of aromatic nitrogens is 2. The van der Waals surface area contributed by atoms with E-state index in [1.54, 1.807) is 45.0 Å². The van der Waals surface area contributed by atoms with E-state index >= 15 is 0 Å². The Hall–Kier alpha value is -3.89. The van der Waals surface area contributed by atoms with E-state index in [1.807, 2.05) is 0 Å². The molecule has 0 saturated carbocycles. The van der Waals surface area contributed by atoms with Crippen LogP contribution in [0.4, 0.5) is 18.0 Å². The number of carbonyl (C=O) groups excluding carboxylic acids is 2.